The van der Waals surface area contributed by atoms with Crippen molar-refractivity contribution in [2.75, 3.05) is 41.0 Å². The summed E-state index contributed by atoms with van der Waals surface area (Å²) >= 11 is 0. The quantitative estimate of drug-likeness (QED) is 0.405. The molecule has 0 saturated heterocycles. The third-order valence-corrected chi connectivity index (χ3v) is 6.40. The Morgan fingerprint density at radius 2 is 1.62 bits per heavy atom. The van der Waals surface area contributed by atoms with E-state index in [1.807, 2.05) is 55.4 Å². The summed E-state index contributed by atoms with van der Waals surface area (Å²) in [6.45, 7) is 1.35. The standard InChI is InChI=1S/C29H32N2O6/c1-31(2)14-15-36-26-13-12-19(17-27(26)35-3)16-25(28(32)33)30-29(34)37-18-24-22-10-6-4-8-20(22)21-9-5-7-11-23(21)24/h4-13,17,24-25H,14-16,18H2,1-3H3,(H,30,34)(H,32,33). The number of carbonyl (C=O) groups is 2. The number of alkyl carbamates (subject to hydrolysis) is 1. The average Bonchev–Trinajstić information content (AvgIpc) is 3.21. The first-order chi connectivity index (χ1) is 17.9. The number of likely N-dealkylation sites (N-methyl/N-ethyl adjacent to an activating group) is 1. The van der Waals surface area contributed by atoms with Gasteiger partial charge in [0.15, 0.2) is 11.5 Å². The Morgan fingerprint density at radius 1 is 0.973 bits per heavy atom. The van der Waals surface area contributed by atoms with Crippen molar-refractivity contribution in [1.29, 1.82) is 0 Å². The molecule has 8 heteroatoms. The molecule has 37 heavy (non-hydrogen) atoms. The Hall–Kier alpha value is -4.04. The number of carbonyl (C=O) groups excluding carboxylic acids is 1. The number of carboxylic acids is 1. The van der Waals surface area contributed by atoms with E-state index in [-0.39, 0.29) is 18.9 Å². The fourth-order valence-electron chi connectivity index (χ4n) is 4.51. The van der Waals surface area contributed by atoms with E-state index in [0.717, 1.165) is 28.8 Å². The van der Waals surface area contributed by atoms with E-state index >= 15 is 0 Å². The molecule has 1 unspecified atom stereocenters. The normalized spacial score (nSPS) is 13.0. The maximum Gasteiger partial charge on any atom is 0.407 e. The molecule has 3 aromatic carbocycles. The predicted molar refractivity (Wildman–Crippen MR) is 140 cm³/mol. The summed E-state index contributed by atoms with van der Waals surface area (Å²) in [5.41, 5.74) is 5.11. The van der Waals surface area contributed by atoms with Gasteiger partial charge in [-0.15, -0.1) is 0 Å². The lowest BCUT2D eigenvalue weighted by Crippen LogP contribution is -2.42. The van der Waals surface area contributed by atoms with Gasteiger partial charge in [-0.25, -0.2) is 9.59 Å². The van der Waals surface area contributed by atoms with Crippen molar-refractivity contribution < 1.29 is 28.9 Å². The van der Waals surface area contributed by atoms with Crippen LogP contribution in [0.15, 0.2) is 66.7 Å². The summed E-state index contributed by atoms with van der Waals surface area (Å²) in [4.78, 5) is 26.6. The molecule has 0 bridgehead atoms. The Morgan fingerprint density at radius 3 is 2.22 bits per heavy atom. The summed E-state index contributed by atoms with van der Waals surface area (Å²) in [5, 5.41) is 12.2. The molecule has 4 rings (SSSR count). The molecule has 8 nitrogen and oxygen atoms in total. The molecule has 0 aliphatic heterocycles. The highest BCUT2D eigenvalue weighted by molar-refractivity contribution is 5.81. The lowest BCUT2D eigenvalue weighted by Gasteiger charge is -2.18. The minimum Gasteiger partial charge on any atom is -0.493 e. The molecule has 0 aromatic heterocycles. The van der Waals surface area contributed by atoms with Crippen molar-refractivity contribution in [3.8, 4) is 22.6 Å². The monoisotopic (exact) mass is 504 g/mol. The largest absolute Gasteiger partial charge is 0.493 e. The molecular formula is C29H32N2O6. The zero-order chi connectivity index (χ0) is 26.4. The number of ether oxygens (including phenoxy) is 3. The molecule has 1 amide bonds. The molecule has 1 atom stereocenters. The van der Waals surface area contributed by atoms with Crippen molar-refractivity contribution in [2.45, 2.75) is 18.4 Å². The van der Waals surface area contributed by atoms with Crippen LogP contribution in [-0.4, -0.2) is 69.1 Å². The lowest BCUT2D eigenvalue weighted by atomic mass is 9.98. The number of amides is 1. The molecule has 0 radical (unpaired) electrons. The number of carboxylic acid groups (broad SMARTS) is 1. The van der Waals surface area contributed by atoms with Crippen LogP contribution in [0.1, 0.15) is 22.6 Å². The zero-order valence-electron chi connectivity index (χ0n) is 21.3. The number of aliphatic carboxylic acids is 1. The second kappa shape index (κ2) is 11.8. The number of nitrogens with zero attached hydrogens (tertiary/aromatic N) is 1. The van der Waals surface area contributed by atoms with Crippen LogP contribution in [-0.2, 0) is 16.0 Å². The van der Waals surface area contributed by atoms with Gasteiger partial charge in [0.25, 0.3) is 0 Å². The van der Waals surface area contributed by atoms with Crippen molar-refractivity contribution in [3.63, 3.8) is 0 Å². The van der Waals surface area contributed by atoms with Crippen LogP contribution >= 0.6 is 0 Å². The molecule has 2 N–H and O–H groups in total. The van der Waals surface area contributed by atoms with E-state index < -0.39 is 18.1 Å². The van der Waals surface area contributed by atoms with Gasteiger partial charge in [-0.05, 0) is 54.0 Å². The molecule has 1 aliphatic rings. The summed E-state index contributed by atoms with van der Waals surface area (Å²) in [7, 11) is 5.44. The maximum atomic E-state index is 12.6. The first-order valence-electron chi connectivity index (χ1n) is 12.2. The summed E-state index contributed by atoms with van der Waals surface area (Å²) in [5.74, 6) is -0.185. The van der Waals surface area contributed by atoms with Crippen LogP contribution in [0, 0.1) is 0 Å². The highest BCUT2D eigenvalue weighted by Gasteiger charge is 2.30. The number of nitrogens with one attached hydrogen (secondary N) is 1. The van der Waals surface area contributed by atoms with Gasteiger partial charge in [-0.2, -0.15) is 0 Å². The Balaban J connectivity index is 1.38. The van der Waals surface area contributed by atoms with Gasteiger partial charge in [0.1, 0.15) is 19.3 Å². The smallest absolute Gasteiger partial charge is 0.407 e. The van der Waals surface area contributed by atoms with E-state index in [1.165, 1.54) is 7.11 Å². The Bertz CT molecular complexity index is 1210. The van der Waals surface area contributed by atoms with E-state index in [4.69, 9.17) is 14.2 Å². The van der Waals surface area contributed by atoms with E-state index in [9.17, 15) is 14.7 Å². The molecule has 0 spiro atoms. The highest BCUT2D eigenvalue weighted by atomic mass is 16.5. The first kappa shape index (κ1) is 26.0. The van der Waals surface area contributed by atoms with Crippen LogP contribution in [0.4, 0.5) is 4.79 Å². The van der Waals surface area contributed by atoms with Gasteiger partial charge in [0.2, 0.25) is 0 Å². The summed E-state index contributed by atoms with van der Waals surface area (Å²) in [6, 6.07) is 20.1. The second-order valence-electron chi connectivity index (χ2n) is 9.20. The van der Waals surface area contributed by atoms with Crippen molar-refractivity contribution >= 4 is 12.1 Å². The second-order valence-corrected chi connectivity index (χ2v) is 9.20. The van der Waals surface area contributed by atoms with Gasteiger partial charge < -0.3 is 29.5 Å². The van der Waals surface area contributed by atoms with E-state index in [1.54, 1.807) is 18.2 Å². The third-order valence-electron chi connectivity index (χ3n) is 6.40. The van der Waals surface area contributed by atoms with Gasteiger partial charge >= 0.3 is 12.1 Å². The van der Waals surface area contributed by atoms with Crippen molar-refractivity contribution in [1.82, 2.24) is 10.2 Å². The molecule has 3 aromatic rings. The molecule has 0 saturated carbocycles. The van der Waals surface area contributed by atoms with Gasteiger partial charge in [0, 0.05) is 18.9 Å². The van der Waals surface area contributed by atoms with Crippen LogP contribution < -0.4 is 14.8 Å². The van der Waals surface area contributed by atoms with Crippen molar-refractivity contribution in [2.24, 2.45) is 0 Å². The predicted octanol–water partition coefficient (Wildman–Crippen LogP) is 4.17. The third kappa shape index (κ3) is 6.21. The average molecular weight is 505 g/mol. The summed E-state index contributed by atoms with van der Waals surface area (Å²) < 4.78 is 16.7. The number of methoxy groups -OCH3 is 1. The molecule has 194 valence electrons. The van der Waals surface area contributed by atoms with Crippen LogP contribution in [0.2, 0.25) is 0 Å². The molecule has 0 heterocycles. The Kier molecular flexibility index (Phi) is 8.30. The fraction of sp³-hybridized carbons (Fsp3) is 0.310. The number of hydrogen-bond donors (Lipinski definition) is 2. The highest BCUT2D eigenvalue weighted by Crippen LogP contribution is 2.44. The van der Waals surface area contributed by atoms with Crippen LogP contribution in [0.5, 0.6) is 11.5 Å². The number of hydrogen-bond acceptors (Lipinski definition) is 6. The molecule has 1 aliphatic carbocycles. The minimum absolute atomic E-state index is 0.0634. The first-order valence-corrected chi connectivity index (χ1v) is 12.2. The topological polar surface area (TPSA) is 97.3 Å². The van der Waals surface area contributed by atoms with E-state index in [0.29, 0.717) is 23.7 Å². The zero-order valence-corrected chi connectivity index (χ0v) is 21.3. The van der Waals surface area contributed by atoms with Gasteiger partial charge in [-0.3, -0.25) is 0 Å². The van der Waals surface area contributed by atoms with Gasteiger partial charge in [-0.1, -0.05) is 54.6 Å². The lowest BCUT2D eigenvalue weighted by molar-refractivity contribution is -0.139. The minimum atomic E-state index is -1.17. The SMILES string of the molecule is COc1cc(CC(NC(=O)OCC2c3ccccc3-c3ccccc32)C(=O)O)ccc1OCCN(C)C. The molecular weight excluding hydrogens is 472 g/mol. The van der Waals surface area contributed by atoms with Crippen LogP contribution in [0.25, 0.3) is 11.1 Å². The number of benzene rings is 3. The van der Waals surface area contributed by atoms with Gasteiger partial charge in [0.05, 0.1) is 7.11 Å². The maximum absolute atomic E-state index is 12.6. The van der Waals surface area contributed by atoms with Crippen molar-refractivity contribution in [3.05, 3.63) is 83.4 Å². The van der Waals surface area contributed by atoms with E-state index in [2.05, 4.69) is 17.4 Å². The molecule has 0 fully saturated rings. The fourth-order valence-corrected chi connectivity index (χ4v) is 4.51. The number of fused-ring (bicyclic) bond motifs is 3. The van der Waals surface area contributed by atoms with Crippen LogP contribution in [0.3, 0.4) is 0 Å². The summed E-state index contributed by atoms with van der Waals surface area (Å²) in [6.07, 6.45) is -0.710. The Labute approximate surface area is 216 Å². The number of rotatable bonds is 11.